The molecule has 3 unspecified atom stereocenters. The average molecular weight is 992 g/mol. The molecule has 1 saturated heterocycles. The summed E-state index contributed by atoms with van der Waals surface area (Å²) >= 11 is 0. The number of aromatic nitrogens is 2. The Balaban J connectivity index is 1.85. The molecule has 0 aromatic carbocycles. The van der Waals surface area contributed by atoms with Gasteiger partial charge in [0.2, 0.25) is 0 Å². The molecule has 2 heterocycles. The van der Waals surface area contributed by atoms with Crippen molar-refractivity contribution >= 4 is 33.4 Å². The van der Waals surface area contributed by atoms with Crippen molar-refractivity contribution in [3.63, 3.8) is 0 Å². The van der Waals surface area contributed by atoms with Gasteiger partial charge in [-0.05, 0) is 44.1 Å². The molecule has 8 atom stereocenters. The van der Waals surface area contributed by atoms with Crippen LogP contribution in [0.4, 0.5) is 5.82 Å². The minimum atomic E-state index is -5.44. The quantitative estimate of drug-likeness (QED) is 0.0120. The molecule has 0 aliphatic carbocycles. The van der Waals surface area contributed by atoms with Crippen LogP contribution in [0.25, 0.3) is 0 Å². The molecule has 1 aliphatic heterocycles. The molecular weight excluding hydrogens is 912 g/mol. The van der Waals surface area contributed by atoms with Gasteiger partial charge >= 0.3 is 33.3 Å². The number of unbranched alkanes of at least 4 members (excludes halogenated alkanes) is 13. The Bertz CT molecular complexity index is 1790. The van der Waals surface area contributed by atoms with E-state index >= 15 is 0 Å². The van der Waals surface area contributed by atoms with Gasteiger partial charge in [-0.25, -0.2) is 13.9 Å². The summed E-state index contributed by atoms with van der Waals surface area (Å²) in [6, 6.07) is 1.24. The number of ether oxygens (including phenoxy) is 3. The van der Waals surface area contributed by atoms with Crippen molar-refractivity contribution in [2.45, 2.75) is 192 Å². The van der Waals surface area contributed by atoms with E-state index in [1.165, 1.54) is 44.6 Å². The maximum Gasteiger partial charge on any atom is 0.481 e. The van der Waals surface area contributed by atoms with Crippen molar-refractivity contribution in [2.24, 2.45) is 5.92 Å². The van der Waals surface area contributed by atoms with Gasteiger partial charge in [0.15, 0.2) is 12.3 Å². The molecular formula is C46H79N3O16P2. The molecule has 0 spiro atoms. The van der Waals surface area contributed by atoms with Gasteiger partial charge in [-0.1, -0.05) is 147 Å². The smallest absolute Gasteiger partial charge is 0.462 e. The molecule has 384 valence electrons. The van der Waals surface area contributed by atoms with E-state index in [9.17, 15) is 48.6 Å². The third-order valence-electron chi connectivity index (χ3n) is 10.8. The third-order valence-corrected chi connectivity index (χ3v) is 13.4. The normalized spacial score (nSPS) is 20.4. The lowest BCUT2D eigenvalue weighted by molar-refractivity contribution is -0.161. The lowest BCUT2D eigenvalue weighted by Gasteiger charge is -2.21. The Morgan fingerprint density at radius 3 is 2.00 bits per heavy atom. The summed E-state index contributed by atoms with van der Waals surface area (Å²) in [5.74, 6) is -0.631. The fourth-order valence-corrected chi connectivity index (χ4v) is 9.14. The summed E-state index contributed by atoms with van der Waals surface area (Å²) in [5, 5.41) is 31.1. The van der Waals surface area contributed by atoms with Crippen molar-refractivity contribution in [3.05, 3.63) is 59.2 Å². The van der Waals surface area contributed by atoms with E-state index in [4.69, 9.17) is 29.0 Å². The topological polar surface area (TPSA) is 286 Å². The van der Waals surface area contributed by atoms with Gasteiger partial charge in [0.1, 0.15) is 30.7 Å². The summed E-state index contributed by atoms with van der Waals surface area (Å²) in [6.07, 6.45) is 22.7. The number of phosphoric acid groups is 2. The minimum absolute atomic E-state index is 0.0190. The summed E-state index contributed by atoms with van der Waals surface area (Å²) in [7, 11) is -10.9. The fourth-order valence-electron chi connectivity index (χ4n) is 7.03. The highest BCUT2D eigenvalue weighted by atomic mass is 31.3. The van der Waals surface area contributed by atoms with Crippen LogP contribution in [0.5, 0.6) is 0 Å². The van der Waals surface area contributed by atoms with Crippen molar-refractivity contribution in [1.29, 1.82) is 0 Å². The third kappa shape index (κ3) is 28.3. The molecule has 0 bridgehead atoms. The van der Waals surface area contributed by atoms with Gasteiger partial charge < -0.3 is 45.1 Å². The fraction of sp³-hybridized carbons (Fsp3) is 0.739. The van der Waals surface area contributed by atoms with Gasteiger partial charge in [0.25, 0.3) is 0 Å². The Morgan fingerprint density at radius 2 is 1.39 bits per heavy atom. The standard InChI is InChI=1S/C46H79N3O16P2/c1-4-5-6-7-12-17-22-27-37(50)28-23-18-15-20-25-30-42(52)63-38(33-60-41(51)29-24-19-14-11-9-8-10-13-16-21-26-36(2)3)34-61-66(56,57)65-67(58,59)62-35-39-43(53)44(54)45(64-39)49-32-31-40(47)48-46(49)55/h5-6,12,17,22,27,31-32,36-39,43-45,50,53-54H,4,7-11,13-16,18-21,23-26,28-30,33-35H2,1-3H3,(H,56,57)(H,58,59)(H2,47,48,55)/b6-5+,17-12+,27-22+/t37?,38-,39-,43-,44-,45-/m1/s1. The van der Waals surface area contributed by atoms with E-state index in [-0.39, 0.29) is 18.7 Å². The number of rotatable bonds is 38. The Morgan fingerprint density at radius 1 is 0.806 bits per heavy atom. The van der Waals surface area contributed by atoms with Crippen molar-refractivity contribution < 1.29 is 71.4 Å². The second kappa shape index (κ2) is 34.3. The molecule has 1 aromatic rings. The first-order valence-electron chi connectivity index (χ1n) is 24.0. The predicted octanol–water partition coefficient (Wildman–Crippen LogP) is 8.05. The molecule has 0 amide bonds. The van der Waals surface area contributed by atoms with Crippen LogP contribution in [0, 0.1) is 5.92 Å². The second-order valence-electron chi connectivity index (χ2n) is 17.3. The Kier molecular flexibility index (Phi) is 30.7. The van der Waals surface area contributed by atoms with Crippen LogP contribution in [0.15, 0.2) is 53.5 Å². The Labute approximate surface area is 396 Å². The first kappa shape index (κ1) is 60.1. The summed E-state index contributed by atoms with van der Waals surface area (Å²) in [4.78, 5) is 61.8. The Hall–Kier alpha value is -3.06. The monoisotopic (exact) mass is 991 g/mol. The zero-order chi connectivity index (χ0) is 49.5. The molecule has 67 heavy (non-hydrogen) atoms. The predicted molar refractivity (Wildman–Crippen MR) is 253 cm³/mol. The number of allylic oxidation sites excluding steroid dienone is 5. The second-order valence-corrected chi connectivity index (χ2v) is 20.3. The lowest BCUT2D eigenvalue weighted by atomic mass is 10.0. The lowest BCUT2D eigenvalue weighted by Crippen LogP contribution is -2.36. The van der Waals surface area contributed by atoms with E-state index in [2.05, 4.69) is 42.2 Å². The first-order valence-corrected chi connectivity index (χ1v) is 27.0. The van der Waals surface area contributed by atoms with Crippen molar-refractivity contribution in [2.75, 3.05) is 25.6 Å². The summed E-state index contributed by atoms with van der Waals surface area (Å²) in [5.41, 5.74) is 4.57. The number of anilines is 1. The summed E-state index contributed by atoms with van der Waals surface area (Å²) < 4.78 is 56.6. The molecule has 1 aromatic heterocycles. The van der Waals surface area contributed by atoms with Crippen molar-refractivity contribution in [3.8, 4) is 0 Å². The van der Waals surface area contributed by atoms with E-state index in [0.717, 1.165) is 74.5 Å². The SMILES string of the molecule is CC/C=C/C/C=C/C=C/C(O)CCCCCCCC(=O)O[C@H](COC(=O)CCCCCCCCCCCCC(C)C)COP(=O)(O)OP(=O)(O)OC[C@H]1O[C@@H](n2ccc(N)nc2=O)[C@H](O)[C@@H]1O. The largest absolute Gasteiger partial charge is 0.481 e. The molecule has 7 N–H and O–H groups in total. The zero-order valence-electron chi connectivity index (χ0n) is 39.7. The average Bonchev–Trinajstić information content (AvgIpc) is 3.54. The van der Waals surface area contributed by atoms with Gasteiger partial charge in [-0.2, -0.15) is 9.29 Å². The maximum atomic E-state index is 12.8. The van der Waals surface area contributed by atoms with Crippen LogP contribution < -0.4 is 11.4 Å². The van der Waals surface area contributed by atoms with E-state index in [0.29, 0.717) is 25.7 Å². The number of nitrogens with two attached hydrogens (primary N) is 1. The molecule has 1 aliphatic rings. The highest BCUT2D eigenvalue weighted by molar-refractivity contribution is 7.61. The van der Waals surface area contributed by atoms with Crippen LogP contribution in [0.3, 0.4) is 0 Å². The van der Waals surface area contributed by atoms with E-state index in [1.54, 1.807) is 6.08 Å². The number of nitrogen functional groups attached to an aromatic ring is 1. The number of aliphatic hydroxyl groups excluding tert-OH is 3. The number of carbonyl (C=O) groups excluding carboxylic acids is 2. The van der Waals surface area contributed by atoms with Gasteiger partial charge in [0.05, 0.1) is 19.3 Å². The molecule has 19 nitrogen and oxygen atoms in total. The van der Waals surface area contributed by atoms with Crippen molar-refractivity contribution in [1.82, 2.24) is 9.55 Å². The number of esters is 2. The van der Waals surface area contributed by atoms with Crippen LogP contribution >= 0.6 is 15.6 Å². The number of nitrogens with zero attached hydrogens (tertiary/aromatic N) is 2. The number of carbonyl (C=O) groups is 2. The molecule has 21 heteroatoms. The van der Waals surface area contributed by atoms with Gasteiger partial charge in [-0.15, -0.1) is 0 Å². The van der Waals surface area contributed by atoms with Crippen LogP contribution in [-0.2, 0) is 46.3 Å². The van der Waals surface area contributed by atoms with Gasteiger partial charge in [0, 0.05) is 19.0 Å². The van der Waals surface area contributed by atoms with Crippen LogP contribution in [0.2, 0.25) is 0 Å². The number of phosphoric ester groups is 2. The molecule has 2 rings (SSSR count). The van der Waals surface area contributed by atoms with Crippen LogP contribution in [-0.4, -0.2) is 96.9 Å². The highest BCUT2D eigenvalue weighted by Crippen LogP contribution is 2.60. The van der Waals surface area contributed by atoms with E-state index < -0.39 is 89.8 Å². The highest BCUT2D eigenvalue weighted by Gasteiger charge is 2.46. The maximum absolute atomic E-state index is 12.8. The van der Waals surface area contributed by atoms with Crippen LogP contribution in [0.1, 0.15) is 162 Å². The number of aliphatic hydroxyl groups is 3. The van der Waals surface area contributed by atoms with Gasteiger partial charge in [-0.3, -0.25) is 23.2 Å². The summed E-state index contributed by atoms with van der Waals surface area (Å²) in [6.45, 7) is 4.20. The molecule has 0 radical (unpaired) electrons. The molecule has 0 saturated carbocycles. The van der Waals surface area contributed by atoms with E-state index in [1.807, 2.05) is 18.2 Å². The minimum Gasteiger partial charge on any atom is -0.462 e. The first-order chi connectivity index (χ1) is 31.9. The molecule has 1 fully saturated rings. The zero-order valence-corrected chi connectivity index (χ0v) is 41.5. The number of hydrogen-bond donors (Lipinski definition) is 6. The number of hydrogen-bond acceptors (Lipinski definition) is 16.